The summed E-state index contributed by atoms with van der Waals surface area (Å²) in [5.41, 5.74) is -2.33. The number of fused-ring (bicyclic) bond motifs is 2. The van der Waals surface area contributed by atoms with Crippen LogP contribution in [0.3, 0.4) is 0 Å². The summed E-state index contributed by atoms with van der Waals surface area (Å²) in [7, 11) is 0. The van der Waals surface area contributed by atoms with Gasteiger partial charge in [0.2, 0.25) is 5.91 Å². The third-order valence-electron chi connectivity index (χ3n) is 8.44. The number of piperazine rings is 1. The van der Waals surface area contributed by atoms with Crippen molar-refractivity contribution in [1.82, 2.24) is 20.1 Å². The summed E-state index contributed by atoms with van der Waals surface area (Å²) in [6, 6.07) is 9.34. The van der Waals surface area contributed by atoms with Crippen LogP contribution in [0.4, 0.5) is 24.0 Å². The monoisotopic (exact) mass is 746 g/mol. The number of rotatable bonds is 8. The highest BCUT2D eigenvalue weighted by atomic mass is 32.2. The first-order chi connectivity index (χ1) is 24.0. The number of anilines is 1. The topological polar surface area (TPSA) is 155 Å². The maximum absolute atomic E-state index is 13.6. The van der Waals surface area contributed by atoms with Gasteiger partial charge in [0, 0.05) is 44.5 Å². The van der Waals surface area contributed by atoms with Crippen LogP contribution in [-0.4, -0.2) is 93.0 Å². The minimum atomic E-state index is -4.88. The number of nitro benzene ring substituents is 1. The van der Waals surface area contributed by atoms with Gasteiger partial charge < -0.3 is 15.0 Å². The zero-order chi connectivity index (χ0) is 36.8. The van der Waals surface area contributed by atoms with Crippen LogP contribution in [0.5, 0.6) is 0 Å². The van der Waals surface area contributed by atoms with E-state index in [1.54, 1.807) is 25.7 Å². The highest BCUT2D eigenvalue weighted by Gasteiger charge is 2.54. The molecule has 18 heteroatoms. The number of nitrogens with zero attached hydrogens (tertiary/aromatic N) is 5. The van der Waals surface area contributed by atoms with E-state index in [0.29, 0.717) is 56.2 Å². The van der Waals surface area contributed by atoms with Crippen molar-refractivity contribution in [2.75, 3.05) is 43.4 Å². The number of hydrogen-bond donors (Lipinski definition) is 1. The van der Waals surface area contributed by atoms with Crippen LogP contribution < -0.4 is 15.8 Å². The van der Waals surface area contributed by atoms with Gasteiger partial charge >= 0.3 is 12.1 Å². The summed E-state index contributed by atoms with van der Waals surface area (Å²) in [5.74, 6) is -0.973. The maximum Gasteiger partial charge on any atom is 0.416 e. The average Bonchev–Trinajstić information content (AvgIpc) is 3.06. The van der Waals surface area contributed by atoms with E-state index < -0.39 is 62.2 Å². The molecule has 2 atom stereocenters. The predicted octanol–water partition coefficient (Wildman–Crippen LogP) is 3.94. The molecule has 2 amide bonds. The zero-order valence-electron chi connectivity index (χ0n) is 27.7. The molecule has 6 rings (SSSR count). The predicted molar refractivity (Wildman–Crippen MR) is 184 cm³/mol. The summed E-state index contributed by atoms with van der Waals surface area (Å²) < 4.78 is 45.7. The standard InChI is InChI=1S/C33H33F3N6O7S2/c1-32(2,3)49-30(46)25-19(17-50-29-24(28(45)41(25)29)37-23(43)13-18-7-5-4-6-8-18)16-39-9-11-40(12-10-39)31-38-27(44)21-14-20(33(34,35)36)15-22(42(47)48)26(21)51-31/h4-8,14-15,24,29H,9-13,16-17H2,1-3H3,(H,37,43)/t24-,29-/m1/s1. The lowest BCUT2D eigenvalue weighted by Crippen LogP contribution is -2.71. The number of nitrogens with one attached hydrogen (secondary N) is 1. The molecule has 270 valence electrons. The Hall–Kier alpha value is -4.55. The molecule has 3 aliphatic rings. The van der Waals surface area contributed by atoms with Crippen LogP contribution in [-0.2, 0) is 31.7 Å². The van der Waals surface area contributed by atoms with Crippen LogP contribution in [0.2, 0.25) is 0 Å². The third kappa shape index (κ3) is 7.72. The number of nitro groups is 1. The van der Waals surface area contributed by atoms with Crippen LogP contribution in [0.25, 0.3) is 10.1 Å². The van der Waals surface area contributed by atoms with Crippen LogP contribution in [0.1, 0.15) is 31.9 Å². The maximum atomic E-state index is 13.6. The number of carbonyl (C=O) groups is 3. The quantitative estimate of drug-likeness (QED) is 0.154. The molecule has 4 heterocycles. The van der Waals surface area contributed by atoms with E-state index in [2.05, 4.69) is 10.3 Å². The van der Waals surface area contributed by atoms with Crippen molar-refractivity contribution in [3.8, 4) is 0 Å². The molecule has 0 radical (unpaired) electrons. The van der Waals surface area contributed by atoms with E-state index in [-0.39, 0.29) is 27.9 Å². The number of esters is 1. The normalized spacial score (nSPS) is 19.8. The first-order valence-corrected chi connectivity index (χ1v) is 17.8. The van der Waals surface area contributed by atoms with Gasteiger partial charge in [-0.1, -0.05) is 41.7 Å². The van der Waals surface area contributed by atoms with Crippen molar-refractivity contribution < 1.29 is 37.2 Å². The van der Waals surface area contributed by atoms with Crippen molar-refractivity contribution in [1.29, 1.82) is 0 Å². The van der Waals surface area contributed by atoms with Crippen molar-refractivity contribution >= 4 is 61.8 Å². The van der Waals surface area contributed by atoms with E-state index in [1.807, 2.05) is 35.2 Å². The van der Waals surface area contributed by atoms with Crippen LogP contribution >= 0.6 is 23.1 Å². The average molecular weight is 747 g/mol. The van der Waals surface area contributed by atoms with E-state index in [4.69, 9.17) is 4.74 Å². The van der Waals surface area contributed by atoms with Gasteiger partial charge in [-0.25, -0.2) is 4.79 Å². The van der Waals surface area contributed by atoms with Crippen molar-refractivity contribution in [2.24, 2.45) is 0 Å². The fourth-order valence-corrected chi connectivity index (χ4v) is 8.52. The highest BCUT2D eigenvalue weighted by Crippen LogP contribution is 2.42. The molecule has 3 aliphatic heterocycles. The molecule has 1 aromatic heterocycles. The van der Waals surface area contributed by atoms with Crippen LogP contribution in [0.15, 0.2) is 58.5 Å². The lowest BCUT2D eigenvalue weighted by atomic mass is 10.0. The number of ether oxygens (including phenoxy) is 1. The first kappa shape index (κ1) is 36.2. The first-order valence-electron chi connectivity index (χ1n) is 15.9. The summed E-state index contributed by atoms with van der Waals surface area (Å²) in [6.45, 7) is 6.97. The van der Waals surface area contributed by atoms with E-state index in [0.717, 1.165) is 16.9 Å². The molecule has 51 heavy (non-hydrogen) atoms. The lowest BCUT2D eigenvalue weighted by molar-refractivity contribution is -0.383. The Balaban J connectivity index is 1.18. The number of benzene rings is 2. The van der Waals surface area contributed by atoms with E-state index >= 15 is 0 Å². The molecule has 1 N–H and O–H groups in total. The number of carbonyl (C=O) groups excluding carboxylic acids is 3. The van der Waals surface area contributed by atoms with Gasteiger partial charge in [-0.15, -0.1) is 11.8 Å². The Labute approximate surface area is 297 Å². The van der Waals surface area contributed by atoms with E-state index in [9.17, 15) is 42.5 Å². The van der Waals surface area contributed by atoms with Crippen molar-refractivity contribution in [2.45, 2.75) is 50.4 Å². The third-order valence-corrected chi connectivity index (χ3v) is 10.9. The van der Waals surface area contributed by atoms with Gasteiger partial charge in [0.15, 0.2) is 5.13 Å². The number of non-ortho nitro benzene ring substituents is 1. The minimum absolute atomic E-state index is 0.107. The Morgan fingerprint density at radius 2 is 1.76 bits per heavy atom. The molecular formula is C33H33F3N6O7S2. The largest absolute Gasteiger partial charge is 0.455 e. The second-order valence-corrected chi connectivity index (χ2v) is 15.3. The molecule has 0 saturated carbocycles. The molecule has 2 aromatic carbocycles. The molecule has 0 spiro atoms. The molecule has 0 unspecified atom stereocenters. The molecule has 2 fully saturated rings. The molecule has 2 saturated heterocycles. The summed E-state index contributed by atoms with van der Waals surface area (Å²) >= 11 is 2.21. The van der Waals surface area contributed by atoms with Gasteiger partial charge in [0.1, 0.15) is 27.4 Å². The smallest absolute Gasteiger partial charge is 0.416 e. The molecule has 0 aliphatic carbocycles. The number of alkyl halides is 3. The van der Waals surface area contributed by atoms with Crippen molar-refractivity contribution in [3.63, 3.8) is 0 Å². The van der Waals surface area contributed by atoms with Crippen LogP contribution in [0, 0.1) is 10.1 Å². The molecular weight excluding hydrogens is 714 g/mol. The Kier molecular flexibility index (Phi) is 9.86. The summed E-state index contributed by atoms with van der Waals surface area (Å²) in [5, 5.41) is 13.7. The second-order valence-electron chi connectivity index (χ2n) is 13.3. The van der Waals surface area contributed by atoms with Gasteiger partial charge in [-0.2, -0.15) is 18.2 Å². The summed E-state index contributed by atoms with van der Waals surface area (Å²) in [4.78, 5) is 72.5. The number of thioether (sulfide) groups is 1. The fourth-order valence-electron chi connectivity index (χ4n) is 6.07. The number of amides is 2. The van der Waals surface area contributed by atoms with Crippen molar-refractivity contribution in [3.05, 3.63) is 85.3 Å². The molecule has 3 aromatic rings. The Morgan fingerprint density at radius 1 is 1.08 bits per heavy atom. The Morgan fingerprint density at radius 3 is 2.39 bits per heavy atom. The summed E-state index contributed by atoms with van der Waals surface area (Å²) in [6.07, 6.45) is -4.78. The highest BCUT2D eigenvalue weighted by molar-refractivity contribution is 8.00. The zero-order valence-corrected chi connectivity index (χ0v) is 29.3. The molecule has 0 bridgehead atoms. The van der Waals surface area contributed by atoms with Gasteiger partial charge in [0.25, 0.3) is 17.2 Å². The SMILES string of the molecule is CC(C)(C)OC(=O)C1=C(CN2CCN(c3nc(=O)c4cc(C(F)(F)F)cc([N+](=O)[O-])c4s3)CC2)CS[C@@H]2[C@H](NC(=O)Cc3ccccc3)C(=O)N12. The van der Waals surface area contributed by atoms with E-state index in [1.165, 1.54) is 16.7 Å². The molecule has 13 nitrogen and oxygen atoms in total. The number of β-lactam (4-membered cyclic amide) rings is 1. The van der Waals surface area contributed by atoms with Gasteiger partial charge in [-0.05, 0) is 38.0 Å². The fraction of sp³-hybridized carbons (Fsp3) is 0.424. The Bertz CT molecular complexity index is 1990. The number of hydrogen-bond acceptors (Lipinski definition) is 12. The lowest BCUT2D eigenvalue weighted by Gasteiger charge is -2.50. The second kappa shape index (κ2) is 13.9. The van der Waals surface area contributed by atoms with Gasteiger partial charge in [-0.3, -0.25) is 34.3 Å². The van der Waals surface area contributed by atoms with Gasteiger partial charge in [0.05, 0.1) is 22.3 Å². The number of halogens is 3. The minimum Gasteiger partial charge on any atom is -0.455 e. The number of aromatic nitrogens is 1.